The molecule has 1 fully saturated rings. The Hall–Kier alpha value is -3.33. The van der Waals surface area contributed by atoms with Crippen LogP contribution in [0.2, 0.25) is 18.1 Å². The van der Waals surface area contributed by atoms with Gasteiger partial charge in [0.25, 0.3) is 0 Å². The first kappa shape index (κ1) is 31.1. The number of benzene rings is 3. The summed E-state index contributed by atoms with van der Waals surface area (Å²) in [6.07, 6.45) is 2.78. The van der Waals surface area contributed by atoms with Crippen molar-refractivity contribution >= 4 is 19.5 Å². The van der Waals surface area contributed by atoms with Gasteiger partial charge in [-0.05, 0) is 86.0 Å². The average Bonchev–Trinajstić information content (AvgIpc) is 2.96. The lowest BCUT2D eigenvalue weighted by molar-refractivity contribution is 0.183. The maximum absolute atomic E-state index is 13.9. The minimum atomic E-state index is -2.09. The van der Waals surface area contributed by atoms with Crippen LogP contribution in [0.4, 0.5) is 4.39 Å². The summed E-state index contributed by atoms with van der Waals surface area (Å²) in [5, 5.41) is 22.5. The van der Waals surface area contributed by atoms with Gasteiger partial charge in [-0.2, -0.15) is 0 Å². The predicted molar refractivity (Wildman–Crippen MR) is 172 cm³/mol. The molecule has 1 saturated heterocycles. The summed E-state index contributed by atoms with van der Waals surface area (Å²) >= 11 is 0. The fourth-order valence-corrected chi connectivity index (χ4v) is 6.45. The molecule has 3 aromatic rings. The number of aliphatic hydroxyl groups is 1. The number of nitrogens with zero attached hydrogens (tertiary/aromatic N) is 1. The van der Waals surface area contributed by atoms with Gasteiger partial charge in [-0.25, -0.2) is 4.39 Å². The summed E-state index contributed by atoms with van der Waals surface area (Å²) in [5.41, 5.74) is 2.98. The van der Waals surface area contributed by atoms with Crippen LogP contribution in [0.1, 0.15) is 62.8 Å². The Morgan fingerprint density at radius 1 is 0.930 bits per heavy atom. The first-order valence-corrected chi connectivity index (χ1v) is 18.1. The Bertz CT molecular complexity index is 1460. The number of phenolic OH excluding ortho intramolecular Hbond substituents is 1. The highest BCUT2D eigenvalue weighted by Crippen LogP contribution is 2.47. The summed E-state index contributed by atoms with van der Waals surface area (Å²) in [5.74, 6) is 1.32. The molecule has 0 amide bonds. The Kier molecular flexibility index (Phi) is 9.20. The molecule has 0 aromatic heterocycles. The van der Waals surface area contributed by atoms with Gasteiger partial charge >= 0.3 is 0 Å². The third-order valence-corrected chi connectivity index (χ3v) is 13.4. The van der Waals surface area contributed by atoms with E-state index in [9.17, 15) is 14.6 Å². The average molecular weight is 606 g/mol. The van der Waals surface area contributed by atoms with E-state index in [2.05, 4.69) is 38.8 Å². The smallest absolute Gasteiger partial charge is 0.250 e. The lowest BCUT2D eigenvalue weighted by Gasteiger charge is -2.37. The first-order valence-electron chi connectivity index (χ1n) is 15.2. The van der Waals surface area contributed by atoms with Gasteiger partial charge in [0.2, 0.25) is 8.32 Å². The van der Waals surface area contributed by atoms with Gasteiger partial charge in [0.1, 0.15) is 48.1 Å². The summed E-state index contributed by atoms with van der Waals surface area (Å²) in [6, 6.07) is 17.1. The predicted octanol–water partition coefficient (Wildman–Crippen LogP) is 7.82. The monoisotopic (exact) mass is 605 g/mol. The molecule has 6 nitrogen and oxygen atoms in total. The van der Waals surface area contributed by atoms with Crippen molar-refractivity contribution in [3.05, 3.63) is 83.2 Å². The molecule has 1 unspecified atom stereocenters. The normalized spacial score (nSPS) is 16.8. The van der Waals surface area contributed by atoms with Crippen LogP contribution >= 0.6 is 0 Å². The second-order valence-corrected chi connectivity index (χ2v) is 17.8. The maximum Gasteiger partial charge on any atom is 0.250 e. The zero-order valence-corrected chi connectivity index (χ0v) is 27.0. The quantitative estimate of drug-likeness (QED) is 0.243. The number of hydrogen-bond donors (Lipinski definition) is 2. The van der Waals surface area contributed by atoms with Crippen molar-refractivity contribution in [1.82, 2.24) is 4.90 Å². The number of aliphatic hydroxyl groups excluding tert-OH is 1. The molecule has 8 heteroatoms. The Morgan fingerprint density at radius 2 is 1.60 bits per heavy atom. The van der Waals surface area contributed by atoms with E-state index in [1.54, 1.807) is 0 Å². The minimum Gasteiger partial charge on any atom is -0.543 e. The summed E-state index contributed by atoms with van der Waals surface area (Å²) in [7, 11) is -2.09. The molecule has 0 spiro atoms. The number of likely N-dealkylation sites (tertiary alicyclic amines) is 1. The Labute approximate surface area is 255 Å². The third-order valence-electron chi connectivity index (χ3n) is 9.00. The lowest BCUT2D eigenvalue weighted by Crippen LogP contribution is -2.43. The van der Waals surface area contributed by atoms with E-state index in [0.717, 1.165) is 37.2 Å². The molecule has 2 heterocycles. The van der Waals surface area contributed by atoms with Crippen molar-refractivity contribution in [3.63, 3.8) is 0 Å². The molecule has 2 aliphatic rings. The van der Waals surface area contributed by atoms with Crippen molar-refractivity contribution in [1.29, 1.82) is 0 Å². The second-order valence-electron chi connectivity index (χ2n) is 13.1. The fraction of sp³-hybridized carbons (Fsp3) is 0.429. The van der Waals surface area contributed by atoms with Crippen LogP contribution < -0.4 is 13.9 Å². The van der Waals surface area contributed by atoms with E-state index in [1.807, 2.05) is 42.5 Å². The molecule has 5 rings (SSSR count). The van der Waals surface area contributed by atoms with Gasteiger partial charge in [-0.1, -0.05) is 39.3 Å². The standard InChI is InChI=1S/C35H44FNO5Si/c1-35(2,3)43(4,5)42-27-14-16-29-32(22-27)41-23-30(28-15-11-25(36)21-31(28)38)33(29)34(39)24-9-12-26(13-10-24)40-20-19-37-17-7-6-8-18-37/h9-16,21-22,34,38-39H,6-8,17-20,23H2,1-5H3. The largest absolute Gasteiger partial charge is 0.543 e. The van der Waals surface area contributed by atoms with Crippen molar-refractivity contribution < 1.29 is 28.5 Å². The molecule has 230 valence electrons. The SMILES string of the molecule is CC(C)(C)[Si](C)(C)Oc1ccc2c(c1)OCC(c1ccc(F)cc1O)=C2C(O)c1ccc(OCCN2CCCCC2)cc1. The zero-order chi connectivity index (χ0) is 30.8. The summed E-state index contributed by atoms with van der Waals surface area (Å²) < 4.78 is 32.6. The maximum atomic E-state index is 13.9. The van der Waals surface area contributed by atoms with Crippen molar-refractivity contribution in [2.24, 2.45) is 0 Å². The summed E-state index contributed by atoms with van der Waals surface area (Å²) in [4.78, 5) is 2.44. The first-order chi connectivity index (χ1) is 20.4. The number of fused-ring (bicyclic) bond motifs is 1. The summed E-state index contributed by atoms with van der Waals surface area (Å²) in [6.45, 7) is 14.8. The second kappa shape index (κ2) is 12.7. The molecular formula is C35H44FNO5Si. The minimum absolute atomic E-state index is 0.0295. The van der Waals surface area contributed by atoms with Crippen LogP contribution in [0, 0.1) is 5.82 Å². The van der Waals surface area contributed by atoms with Crippen LogP contribution in [-0.4, -0.2) is 56.3 Å². The highest BCUT2D eigenvalue weighted by molar-refractivity contribution is 6.74. The Balaban J connectivity index is 1.44. The van der Waals surface area contributed by atoms with Gasteiger partial charge in [-0.3, -0.25) is 4.90 Å². The number of hydrogen-bond acceptors (Lipinski definition) is 6. The van der Waals surface area contributed by atoms with Crippen LogP contribution in [0.15, 0.2) is 60.7 Å². The van der Waals surface area contributed by atoms with Crippen LogP contribution in [0.25, 0.3) is 11.1 Å². The van der Waals surface area contributed by atoms with E-state index >= 15 is 0 Å². The topological polar surface area (TPSA) is 71.4 Å². The number of piperidine rings is 1. The molecular weight excluding hydrogens is 561 g/mol. The van der Waals surface area contributed by atoms with Gasteiger partial charge in [-0.15, -0.1) is 0 Å². The number of ether oxygens (including phenoxy) is 2. The Morgan fingerprint density at radius 3 is 2.28 bits per heavy atom. The van der Waals surface area contributed by atoms with E-state index in [4.69, 9.17) is 13.9 Å². The molecule has 1 atom stereocenters. The van der Waals surface area contributed by atoms with Gasteiger partial charge in [0, 0.05) is 41.0 Å². The van der Waals surface area contributed by atoms with Gasteiger partial charge in [0.15, 0.2) is 0 Å². The molecule has 0 bridgehead atoms. The van der Waals surface area contributed by atoms with Crippen LogP contribution in [0.3, 0.4) is 0 Å². The van der Waals surface area contributed by atoms with Crippen LogP contribution in [-0.2, 0) is 0 Å². The molecule has 0 saturated carbocycles. The van der Waals surface area contributed by atoms with E-state index < -0.39 is 20.2 Å². The van der Waals surface area contributed by atoms with E-state index in [-0.39, 0.29) is 17.4 Å². The number of aromatic hydroxyl groups is 1. The van der Waals surface area contributed by atoms with E-state index in [1.165, 1.54) is 31.4 Å². The lowest BCUT2D eigenvalue weighted by atomic mass is 9.86. The highest BCUT2D eigenvalue weighted by atomic mass is 28.4. The molecule has 0 radical (unpaired) electrons. The molecule has 2 aliphatic heterocycles. The van der Waals surface area contributed by atoms with Crippen molar-refractivity contribution in [2.45, 2.75) is 64.3 Å². The van der Waals surface area contributed by atoms with Crippen molar-refractivity contribution in [3.8, 4) is 23.0 Å². The van der Waals surface area contributed by atoms with E-state index in [0.29, 0.717) is 40.2 Å². The van der Waals surface area contributed by atoms with Gasteiger partial charge in [0.05, 0.1) is 0 Å². The van der Waals surface area contributed by atoms with Crippen LogP contribution in [0.5, 0.6) is 23.0 Å². The molecule has 0 aliphatic carbocycles. The third kappa shape index (κ3) is 7.08. The number of halogens is 1. The number of rotatable bonds is 9. The van der Waals surface area contributed by atoms with Crippen molar-refractivity contribution in [2.75, 3.05) is 32.8 Å². The molecule has 2 N–H and O–H groups in total. The van der Waals surface area contributed by atoms with Gasteiger partial charge < -0.3 is 24.1 Å². The molecule has 3 aromatic carbocycles. The zero-order valence-electron chi connectivity index (χ0n) is 26.0. The number of phenols is 1. The fourth-order valence-electron chi connectivity index (χ4n) is 5.43. The highest BCUT2D eigenvalue weighted by Gasteiger charge is 2.39. The molecule has 43 heavy (non-hydrogen) atoms.